The van der Waals surface area contributed by atoms with E-state index in [-0.39, 0.29) is 36.3 Å². The molecule has 0 spiro atoms. The van der Waals surface area contributed by atoms with Gasteiger partial charge in [-0.3, -0.25) is 24.1 Å². The van der Waals surface area contributed by atoms with Crippen LogP contribution in [0.4, 0.5) is 5.69 Å². The summed E-state index contributed by atoms with van der Waals surface area (Å²) in [6, 6.07) is 23.0. The number of nitrogens with zero attached hydrogens (tertiary/aromatic N) is 4. The number of carbonyl (C=O) groups excluding carboxylic acids is 3. The maximum Gasteiger partial charge on any atom is 0.306 e. The summed E-state index contributed by atoms with van der Waals surface area (Å²) in [5.41, 5.74) is 3.54. The lowest BCUT2D eigenvalue weighted by Crippen LogP contribution is -2.44. The molecule has 1 atom stereocenters. The van der Waals surface area contributed by atoms with Gasteiger partial charge in [-0.15, -0.1) is 0 Å². The van der Waals surface area contributed by atoms with Crippen LogP contribution in [0.25, 0.3) is 16.3 Å². The summed E-state index contributed by atoms with van der Waals surface area (Å²) in [6.07, 6.45) is 7.13. The number of anilines is 1. The van der Waals surface area contributed by atoms with Gasteiger partial charge in [0.05, 0.1) is 31.0 Å². The number of aliphatic carboxylic acids is 1. The van der Waals surface area contributed by atoms with Gasteiger partial charge in [0, 0.05) is 34.5 Å². The number of nitriles is 2. The van der Waals surface area contributed by atoms with Crippen LogP contribution in [0.15, 0.2) is 89.7 Å². The van der Waals surface area contributed by atoms with Crippen LogP contribution in [0, 0.1) is 28.6 Å². The lowest BCUT2D eigenvalue weighted by molar-refractivity contribution is -0.150. The molecule has 2 amide bonds. The lowest BCUT2D eigenvalue weighted by atomic mass is 9.80. The molecule has 53 heavy (non-hydrogen) atoms. The van der Waals surface area contributed by atoms with Crippen LogP contribution in [0.2, 0.25) is 0 Å². The first-order valence-electron chi connectivity index (χ1n) is 18.1. The largest absolute Gasteiger partial charge is 0.481 e. The van der Waals surface area contributed by atoms with Crippen LogP contribution < -0.4 is 4.90 Å². The number of carbonyl (C=O) groups is 4. The number of allylic oxidation sites excluding steroid dienone is 3. The Labute approximate surface area is 310 Å². The molecule has 3 aromatic carbocycles. The van der Waals surface area contributed by atoms with Crippen LogP contribution in [0.5, 0.6) is 0 Å². The monoisotopic (exact) mass is 712 g/mol. The number of carboxylic acids is 1. The Hall–Kier alpha value is -6.00. The number of hydrogen-bond acceptors (Lipinski definition) is 8. The summed E-state index contributed by atoms with van der Waals surface area (Å²) < 4.78 is 5.15. The molecule has 0 fully saturated rings. The second-order valence-electron chi connectivity index (χ2n) is 13.9. The number of rotatable bonds is 14. The zero-order valence-electron chi connectivity index (χ0n) is 30.6. The first kappa shape index (κ1) is 38.2. The third-order valence-electron chi connectivity index (χ3n) is 10.1. The molecule has 0 saturated heterocycles. The van der Waals surface area contributed by atoms with E-state index in [4.69, 9.17) is 9.84 Å². The minimum Gasteiger partial charge on any atom is -0.481 e. The van der Waals surface area contributed by atoms with Crippen molar-refractivity contribution in [3.8, 4) is 12.1 Å². The Morgan fingerprint density at radius 3 is 2.32 bits per heavy atom. The average molecular weight is 713 g/mol. The van der Waals surface area contributed by atoms with Gasteiger partial charge in [-0.2, -0.15) is 10.5 Å². The van der Waals surface area contributed by atoms with E-state index < -0.39 is 35.6 Å². The van der Waals surface area contributed by atoms with Gasteiger partial charge in [-0.1, -0.05) is 89.4 Å². The molecule has 2 aliphatic heterocycles. The predicted octanol–water partition coefficient (Wildman–Crippen LogP) is 7.59. The number of carboxylic acid groups (broad SMARTS) is 1. The summed E-state index contributed by atoms with van der Waals surface area (Å²) in [7, 11) is 0. The molecule has 10 heteroatoms. The average Bonchev–Trinajstić information content (AvgIpc) is 3.37. The van der Waals surface area contributed by atoms with Crippen molar-refractivity contribution in [3.63, 3.8) is 0 Å². The van der Waals surface area contributed by atoms with Gasteiger partial charge in [0.15, 0.2) is 0 Å². The molecule has 272 valence electrons. The van der Waals surface area contributed by atoms with E-state index in [2.05, 4.69) is 62.9 Å². The maximum atomic E-state index is 14.4. The first-order chi connectivity index (χ1) is 25.5. The maximum absolute atomic E-state index is 14.4. The van der Waals surface area contributed by atoms with Crippen molar-refractivity contribution in [3.05, 3.63) is 106 Å². The molecule has 0 radical (unpaired) electrons. The van der Waals surface area contributed by atoms with Gasteiger partial charge in [-0.25, -0.2) is 0 Å². The molecule has 0 saturated carbocycles. The summed E-state index contributed by atoms with van der Waals surface area (Å²) in [5.74, 6) is -3.03. The fraction of sp³-hybridized carbons (Fsp3) is 0.349. The number of amides is 2. The molecule has 0 aliphatic carbocycles. The fourth-order valence-corrected chi connectivity index (χ4v) is 7.30. The van der Waals surface area contributed by atoms with E-state index in [1.54, 1.807) is 30.3 Å². The fourth-order valence-electron chi connectivity index (χ4n) is 7.30. The van der Waals surface area contributed by atoms with E-state index in [1.165, 1.54) is 5.56 Å². The van der Waals surface area contributed by atoms with Crippen molar-refractivity contribution in [1.29, 1.82) is 10.5 Å². The third kappa shape index (κ3) is 7.93. The Kier molecular flexibility index (Phi) is 11.9. The highest BCUT2D eigenvalue weighted by molar-refractivity contribution is 6.27. The van der Waals surface area contributed by atoms with Crippen molar-refractivity contribution in [1.82, 2.24) is 4.90 Å². The van der Waals surface area contributed by atoms with Gasteiger partial charge in [0.2, 0.25) is 0 Å². The Morgan fingerprint density at radius 2 is 1.66 bits per heavy atom. The van der Waals surface area contributed by atoms with E-state index >= 15 is 0 Å². The third-order valence-corrected chi connectivity index (χ3v) is 10.1. The van der Waals surface area contributed by atoms with Crippen molar-refractivity contribution in [2.24, 2.45) is 5.92 Å². The van der Waals surface area contributed by atoms with Crippen LogP contribution in [0.3, 0.4) is 0 Å². The van der Waals surface area contributed by atoms with E-state index in [9.17, 15) is 29.7 Å². The van der Waals surface area contributed by atoms with E-state index in [0.717, 1.165) is 59.3 Å². The Balaban J connectivity index is 1.65. The summed E-state index contributed by atoms with van der Waals surface area (Å²) in [6.45, 7) is 8.82. The molecule has 2 heterocycles. The van der Waals surface area contributed by atoms with Crippen molar-refractivity contribution >= 4 is 45.8 Å². The highest BCUT2D eigenvalue weighted by Gasteiger charge is 2.42. The summed E-state index contributed by atoms with van der Waals surface area (Å²) in [5, 5.41) is 30.9. The number of fused-ring (bicyclic) bond motifs is 3. The van der Waals surface area contributed by atoms with Gasteiger partial charge in [0.25, 0.3) is 11.8 Å². The molecular weight excluding hydrogens is 668 g/mol. The van der Waals surface area contributed by atoms with Crippen molar-refractivity contribution in [2.45, 2.75) is 71.6 Å². The molecule has 10 nitrogen and oxygen atoms in total. The number of imide groups is 1. The van der Waals surface area contributed by atoms with Crippen LogP contribution >= 0.6 is 0 Å². The second kappa shape index (κ2) is 16.6. The van der Waals surface area contributed by atoms with E-state index in [0.29, 0.717) is 17.0 Å². The number of benzene rings is 3. The van der Waals surface area contributed by atoms with E-state index in [1.807, 2.05) is 24.3 Å². The normalized spacial score (nSPS) is 17.2. The minimum absolute atomic E-state index is 0.102. The van der Waals surface area contributed by atoms with Gasteiger partial charge < -0.3 is 14.7 Å². The molecular formula is C43H44N4O6. The van der Waals surface area contributed by atoms with Crippen LogP contribution in [-0.4, -0.2) is 53.5 Å². The highest BCUT2D eigenvalue weighted by Crippen LogP contribution is 2.51. The standard InChI is InChI=1S/C43H44N4O6/c1-5-7-10-28(6-2)27-47-35-19-17-30-11-8-9-12-32(30)40(35)43(3,4)36(47)20-18-33-39(31-15-13-29(25-44)14-16-31)34(26-45)42(52)46(41(33)51)23-24-53-38(50)22-21-37(48)49/h8-9,11-20,28H,5-7,10,21-24,27H2,1-4H3,(H,48,49)/b33-18-,36-20+. The molecule has 1 N–H and O–H groups in total. The van der Waals surface area contributed by atoms with Gasteiger partial charge in [0.1, 0.15) is 18.2 Å². The zero-order chi connectivity index (χ0) is 38.3. The van der Waals surface area contributed by atoms with Gasteiger partial charge >= 0.3 is 11.9 Å². The number of esters is 1. The first-order valence-corrected chi connectivity index (χ1v) is 18.1. The van der Waals surface area contributed by atoms with Gasteiger partial charge in [-0.05, 0) is 64.6 Å². The van der Waals surface area contributed by atoms with Crippen molar-refractivity contribution in [2.75, 3.05) is 24.6 Å². The Morgan fingerprint density at radius 1 is 0.925 bits per heavy atom. The molecule has 0 bridgehead atoms. The van der Waals surface area contributed by atoms with Crippen LogP contribution in [-0.2, 0) is 29.3 Å². The Bertz CT molecular complexity index is 2110. The molecule has 3 aromatic rings. The summed E-state index contributed by atoms with van der Waals surface area (Å²) >= 11 is 0. The predicted molar refractivity (Wildman–Crippen MR) is 202 cm³/mol. The minimum atomic E-state index is -1.15. The second-order valence-corrected chi connectivity index (χ2v) is 13.9. The molecule has 1 unspecified atom stereocenters. The smallest absolute Gasteiger partial charge is 0.306 e. The lowest BCUT2D eigenvalue weighted by Gasteiger charge is -2.31. The number of hydrogen-bond donors (Lipinski definition) is 1. The highest BCUT2D eigenvalue weighted by atomic mass is 16.5. The quantitative estimate of drug-likeness (QED) is 0.101. The molecule has 2 aliphatic rings. The van der Waals surface area contributed by atoms with Crippen LogP contribution in [0.1, 0.15) is 82.9 Å². The molecule has 0 aromatic heterocycles. The zero-order valence-corrected chi connectivity index (χ0v) is 30.6. The topological polar surface area (TPSA) is 152 Å². The molecule has 5 rings (SSSR count). The number of ether oxygens (including phenoxy) is 1. The number of unbranched alkanes of at least 4 members (excludes halogenated alkanes) is 1. The van der Waals surface area contributed by atoms with Crippen molar-refractivity contribution < 1.29 is 29.0 Å². The SMILES string of the molecule is CCCCC(CC)CN1/C(=C/C=C2\C(=O)N(CCOC(=O)CCC(=O)O)C(=O)C(C#N)=C2c2ccc(C#N)cc2)C(C)(C)c2c1ccc1ccccc21. The summed E-state index contributed by atoms with van der Waals surface area (Å²) in [4.78, 5) is 54.3.